The molecule has 1 aromatic heterocycles. The smallest absolute Gasteiger partial charge is 0.294 e. The summed E-state index contributed by atoms with van der Waals surface area (Å²) in [6, 6.07) is 22.2. The number of hydrogen-bond donors (Lipinski definition) is 0. The monoisotopic (exact) mass is 342 g/mol. The lowest BCUT2D eigenvalue weighted by molar-refractivity contribution is -0.451. The van der Waals surface area contributed by atoms with Crippen LogP contribution in [0.25, 0.3) is 33.5 Å². The number of benzene rings is 3. The van der Waals surface area contributed by atoms with Crippen molar-refractivity contribution in [3.63, 3.8) is 0 Å². The quantitative estimate of drug-likeness (QED) is 0.489. The number of nitrogens with zero attached hydrogens (tertiary/aromatic N) is 2. The van der Waals surface area contributed by atoms with Crippen LogP contribution in [0.2, 0.25) is 0 Å². The minimum atomic E-state index is 0.355. The third-order valence-corrected chi connectivity index (χ3v) is 4.60. The first-order valence-corrected chi connectivity index (χ1v) is 8.48. The maximum Gasteiger partial charge on any atom is 0.294 e. The van der Waals surface area contributed by atoms with E-state index >= 15 is 0 Å². The summed E-state index contributed by atoms with van der Waals surface area (Å²) in [6.07, 6.45) is 0. The van der Waals surface area contributed by atoms with Gasteiger partial charge < -0.3 is 9.94 Å². The van der Waals surface area contributed by atoms with Crippen LogP contribution < -0.4 is 4.43 Å². The Balaban J connectivity index is 2.15. The van der Waals surface area contributed by atoms with Gasteiger partial charge in [0.15, 0.2) is 0 Å². The Morgan fingerprint density at radius 3 is 1.92 bits per heavy atom. The average molecular weight is 342 g/mol. The second-order valence-electron chi connectivity index (χ2n) is 6.51. The largest absolute Gasteiger partial charge is 0.805 e. The van der Waals surface area contributed by atoms with Crippen LogP contribution in [0.5, 0.6) is 0 Å². The molecule has 0 aliphatic heterocycles. The van der Waals surface area contributed by atoms with Crippen molar-refractivity contribution in [3.8, 4) is 22.5 Å². The van der Waals surface area contributed by atoms with Gasteiger partial charge in [0, 0.05) is 16.5 Å². The molecule has 4 nitrogen and oxygen atoms in total. The molecule has 0 atom stereocenters. The van der Waals surface area contributed by atoms with Gasteiger partial charge >= 0.3 is 0 Å². The summed E-state index contributed by atoms with van der Waals surface area (Å²) >= 11 is 0. The fourth-order valence-corrected chi connectivity index (χ4v) is 3.17. The molecule has 1 heterocycles. The van der Waals surface area contributed by atoms with Gasteiger partial charge in [-0.05, 0) is 32.0 Å². The van der Waals surface area contributed by atoms with E-state index in [4.69, 9.17) is 0 Å². The van der Waals surface area contributed by atoms with Crippen molar-refractivity contribution >= 4 is 11.0 Å². The molecule has 0 fully saturated rings. The van der Waals surface area contributed by atoms with Crippen LogP contribution in [-0.4, -0.2) is 4.73 Å². The minimum Gasteiger partial charge on any atom is -0.805 e. The molecule has 0 saturated heterocycles. The highest BCUT2D eigenvalue weighted by atomic mass is 16.5. The minimum absolute atomic E-state index is 0.355. The Morgan fingerprint density at radius 1 is 0.769 bits per heavy atom. The first kappa shape index (κ1) is 16.1. The lowest BCUT2D eigenvalue weighted by Crippen LogP contribution is -2.23. The van der Waals surface area contributed by atoms with E-state index < -0.39 is 0 Å². The van der Waals surface area contributed by atoms with E-state index in [1.54, 1.807) is 24.3 Å². The number of aryl methyl sites for hydroxylation is 2. The summed E-state index contributed by atoms with van der Waals surface area (Å²) in [5, 5.41) is 13.2. The van der Waals surface area contributed by atoms with Gasteiger partial charge in [0.1, 0.15) is 11.2 Å². The maximum atomic E-state index is 13.2. The average Bonchev–Trinajstić information content (AvgIpc) is 2.66. The predicted molar refractivity (Wildman–Crippen MR) is 104 cm³/mol. The molecule has 0 bridgehead atoms. The van der Waals surface area contributed by atoms with E-state index in [0.29, 0.717) is 22.4 Å². The summed E-state index contributed by atoms with van der Waals surface area (Å²) in [4.78, 5) is 13.2. The molecule has 0 aliphatic carbocycles. The van der Waals surface area contributed by atoms with Crippen molar-refractivity contribution < 1.29 is 4.43 Å². The molecule has 0 radical (unpaired) electrons. The zero-order valence-corrected chi connectivity index (χ0v) is 14.6. The summed E-state index contributed by atoms with van der Waals surface area (Å²) < 4.78 is 1.73. The fraction of sp³-hybridized carbons (Fsp3) is 0.0909. The molecule has 4 heteroatoms. The molecule has 26 heavy (non-hydrogen) atoms. The number of fused-ring (bicyclic) bond motifs is 1. The van der Waals surface area contributed by atoms with Crippen LogP contribution in [0.4, 0.5) is 0 Å². The van der Waals surface area contributed by atoms with Crippen LogP contribution in [0.15, 0.2) is 72.8 Å². The van der Waals surface area contributed by atoms with Crippen molar-refractivity contribution in [1.29, 1.82) is 0 Å². The van der Waals surface area contributed by atoms with Gasteiger partial charge in [0.25, 0.3) is 11.2 Å². The molecular weight excluding hydrogens is 324 g/mol. The van der Waals surface area contributed by atoms with E-state index in [0.717, 1.165) is 31.4 Å². The second-order valence-corrected chi connectivity index (χ2v) is 6.51. The van der Waals surface area contributed by atoms with Crippen LogP contribution in [0.3, 0.4) is 0 Å². The summed E-state index contributed by atoms with van der Waals surface area (Å²) in [7, 11) is 0. The van der Waals surface area contributed by atoms with Gasteiger partial charge in [-0.2, -0.15) is 0 Å². The maximum absolute atomic E-state index is 13.2. The highest BCUT2D eigenvalue weighted by Crippen LogP contribution is 2.31. The standard InChI is InChI=1S/C22H18N2O2/c1-15-7-11-17(12-8-15)21-22(18-13-9-16(2)10-14-18)24(26)20-6-4-3-5-19(20)23(21)25/h3-14H,1-2H3. The first-order chi connectivity index (χ1) is 12.6. The molecule has 0 aliphatic rings. The lowest BCUT2D eigenvalue weighted by atomic mass is 10.0. The summed E-state index contributed by atoms with van der Waals surface area (Å²) in [5.41, 5.74) is 5.07. The highest BCUT2D eigenvalue weighted by molar-refractivity contribution is 5.83. The summed E-state index contributed by atoms with van der Waals surface area (Å²) in [6.45, 7) is 3.98. The van der Waals surface area contributed by atoms with Crippen molar-refractivity contribution in [2.24, 2.45) is 0 Å². The molecule has 4 rings (SSSR count). The molecule has 128 valence electrons. The van der Waals surface area contributed by atoms with Crippen molar-refractivity contribution in [2.45, 2.75) is 13.8 Å². The highest BCUT2D eigenvalue weighted by Gasteiger charge is 2.25. The van der Waals surface area contributed by atoms with E-state index in [2.05, 4.69) is 0 Å². The molecule has 0 amide bonds. The topological polar surface area (TPSA) is 51.0 Å². The van der Waals surface area contributed by atoms with Gasteiger partial charge in [0.2, 0.25) is 0 Å². The molecule has 0 unspecified atom stereocenters. The van der Waals surface area contributed by atoms with Gasteiger partial charge in [-0.15, -0.1) is 0 Å². The van der Waals surface area contributed by atoms with Crippen molar-refractivity contribution in [3.05, 3.63) is 94.0 Å². The van der Waals surface area contributed by atoms with Crippen LogP contribution in [0, 0.1) is 24.0 Å². The van der Waals surface area contributed by atoms with E-state index in [1.807, 2.05) is 62.4 Å². The predicted octanol–water partition coefficient (Wildman–Crippen LogP) is 4.85. The lowest BCUT2D eigenvalue weighted by Gasteiger charge is -2.19. The molecule has 0 spiro atoms. The van der Waals surface area contributed by atoms with Crippen molar-refractivity contribution in [2.75, 3.05) is 0 Å². The molecule has 0 N–H and O–H groups in total. The van der Waals surface area contributed by atoms with Crippen LogP contribution in [-0.2, 0) is 0 Å². The third kappa shape index (κ3) is 2.56. The molecule has 4 aromatic rings. The second kappa shape index (κ2) is 6.15. The Labute approximate surface area is 151 Å². The van der Waals surface area contributed by atoms with Crippen molar-refractivity contribution in [1.82, 2.24) is 4.73 Å². The molecule has 0 saturated carbocycles. The summed E-state index contributed by atoms with van der Waals surface area (Å²) in [5.74, 6) is 0. The van der Waals surface area contributed by atoms with Gasteiger partial charge in [0.05, 0.1) is 9.99 Å². The Kier molecular flexibility index (Phi) is 3.81. The van der Waals surface area contributed by atoms with Gasteiger partial charge in [-0.3, -0.25) is 0 Å². The van der Waals surface area contributed by atoms with E-state index in [1.165, 1.54) is 0 Å². The van der Waals surface area contributed by atoms with E-state index in [-0.39, 0.29) is 0 Å². The number of aromatic nitrogens is 2. The number of hydrogen-bond acceptors (Lipinski definition) is 2. The zero-order valence-electron chi connectivity index (χ0n) is 14.6. The Bertz CT molecular complexity index is 1160. The fourth-order valence-electron chi connectivity index (χ4n) is 3.17. The molecule has 3 aromatic carbocycles. The van der Waals surface area contributed by atoms with Gasteiger partial charge in [-0.25, -0.2) is 0 Å². The number of rotatable bonds is 2. The third-order valence-electron chi connectivity index (χ3n) is 4.60. The molecular formula is C22H18N2O2. The first-order valence-electron chi connectivity index (χ1n) is 8.48. The normalized spacial score (nSPS) is 11.0. The van der Waals surface area contributed by atoms with Gasteiger partial charge in [-0.1, -0.05) is 59.7 Å². The van der Waals surface area contributed by atoms with Crippen LogP contribution in [0.1, 0.15) is 11.1 Å². The Morgan fingerprint density at radius 2 is 1.31 bits per heavy atom. The zero-order chi connectivity index (χ0) is 18.3. The van der Waals surface area contributed by atoms with E-state index in [9.17, 15) is 10.1 Å². The number of para-hydroxylation sites is 2. The Hall–Kier alpha value is -3.40. The van der Waals surface area contributed by atoms with Crippen LogP contribution >= 0.6 is 0 Å². The SMILES string of the molecule is Cc1ccc(-c2c(-c3ccc(C)cc3)[n+](=O)c3ccccc3n2[O-])cc1.